The average molecular weight is 245 g/mol. The van der Waals surface area contributed by atoms with E-state index in [2.05, 4.69) is 0 Å². The summed E-state index contributed by atoms with van der Waals surface area (Å²) in [5.41, 5.74) is 0. The third-order valence-corrected chi connectivity index (χ3v) is 4.41. The van der Waals surface area contributed by atoms with Crippen molar-refractivity contribution < 1.29 is 9.90 Å². The summed E-state index contributed by atoms with van der Waals surface area (Å²) in [6.45, 7) is 0. The molecule has 1 aromatic rings. The number of halogens is 1. The van der Waals surface area contributed by atoms with Crippen LogP contribution in [0, 0.1) is 5.92 Å². The number of carboxylic acid groups (broad SMARTS) is 1. The van der Waals surface area contributed by atoms with Crippen LogP contribution < -0.4 is 0 Å². The Morgan fingerprint density at radius 3 is 2.73 bits per heavy atom. The highest BCUT2D eigenvalue weighted by atomic mass is 35.5. The van der Waals surface area contributed by atoms with Gasteiger partial charge in [0, 0.05) is 10.8 Å². The molecule has 0 bridgehead atoms. The van der Waals surface area contributed by atoms with Crippen molar-refractivity contribution in [3.8, 4) is 0 Å². The summed E-state index contributed by atoms with van der Waals surface area (Å²) in [4.78, 5) is 12.2. The van der Waals surface area contributed by atoms with E-state index in [1.54, 1.807) is 0 Å². The molecule has 2 atom stereocenters. The molecule has 1 aliphatic rings. The molecule has 4 heteroatoms. The molecular weight excluding hydrogens is 232 g/mol. The van der Waals surface area contributed by atoms with Gasteiger partial charge in [0.2, 0.25) is 0 Å². The molecule has 0 radical (unpaired) electrons. The molecule has 1 heterocycles. The largest absolute Gasteiger partial charge is 0.481 e. The van der Waals surface area contributed by atoms with Crippen LogP contribution in [0.2, 0.25) is 4.34 Å². The van der Waals surface area contributed by atoms with Crippen LogP contribution in [0.25, 0.3) is 0 Å². The maximum atomic E-state index is 11.1. The molecule has 1 N–H and O–H groups in total. The summed E-state index contributed by atoms with van der Waals surface area (Å²) < 4.78 is 0.750. The number of hydrogen-bond donors (Lipinski definition) is 1. The van der Waals surface area contributed by atoms with Gasteiger partial charge >= 0.3 is 5.97 Å². The van der Waals surface area contributed by atoms with E-state index in [4.69, 9.17) is 16.7 Å². The van der Waals surface area contributed by atoms with Crippen molar-refractivity contribution >= 4 is 28.9 Å². The second kappa shape index (κ2) is 4.54. The molecule has 2 nitrogen and oxygen atoms in total. The van der Waals surface area contributed by atoms with Crippen molar-refractivity contribution in [3.05, 3.63) is 21.3 Å². The lowest BCUT2D eigenvalue weighted by Gasteiger charge is -2.27. The Morgan fingerprint density at radius 1 is 1.40 bits per heavy atom. The van der Waals surface area contributed by atoms with Gasteiger partial charge in [0.15, 0.2) is 0 Å². The first kappa shape index (κ1) is 11.0. The van der Waals surface area contributed by atoms with Crippen LogP contribution in [0.5, 0.6) is 0 Å². The van der Waals surface area contributed by atoms with Crippen molar-refractivity contribution in [2.24, 2.45) is 5.92 Å². The maximum Gasteiger partial charge on any atom is 0.307 e. The van der Waals surface area contributed by atoms with Crippen molar-refractivity contribution in [1.29, 1.82) is 0 Å². The maximum absolute atomic E-state index is 11.1. The zero-order valence-electron chi connectivity index (χ0n) is 8.28. The molecule has 1 saturated carbocycles. The Balaban J connectivity index is 2.21. The van der Waals surface area contributed by atoms with Crippen LogP contribution in [0.4, 0.5) is 0 Å². The average Bonchev–Trinajstić information content (AvgIpc) is 2.65. The van der Waals surface area contributed by atoms with E-state index in [0.717, 1.165) is 34.9 Å². The molecule has 1 fully saturated rings. The molecule has 0 amide bonds. The molecule has 2 rings (SSSR count). The predicted molar refractivity (Wildman–Crippen MR) is 61.7 cm³/mol. The fourth-order valence-corrected chi connectivity index (χ4v) is 3.56. The number of hydrogen-bond acceptors (Lipinski definition) is 2. The fraction of sp³-hybridized carbons (Fsp3) is 0.545. The van der Waals surface area contributed by atoms with E-state index >= 15 is 0 Å². The monoisotopic (exact) mass is 244 g/mol. The summed E-state index contributed by atoms with van der Waals surface area (Å²) in [6.07, 6.45) is 3.94. The van der Waals surface area contributed by atoms with E-state index in [1.165, 1.54) is 11.3 Å². The molecule has 82 valence electrons. The first-order chi connectivity index (χ1) is 7.18. The van der Waals surface area contributed by atoms with Crippen molar-refractivity contribution in [1.82, 2.24) is 0 Å². The molecule has 1 aromatic heterocycles. The third kappa shape index (κ3) is 2.34. The van der Waals surface area contributed by atoms with Gasteiger partial charge in [-0.3, -0.25) is 4.79 Å². The standard InChI is InChI=1S/C11H13ClO2S/c12-10-6-5-9(15-10)7-3-1-2-4-8(7)11(13)14/h5-8H,1-4H2,(H,13,14). The lowest BCUT2D eigenvalue weighted by molar-refractivity contribution is -0.143. The Labute approximate surface area is 97.9 Å². The Morgan fingerprint density at radius 2 is 2.13 bits per heavy atom. The minimum atomic E-state index is -0.663. The van der Waals surface area contributed by atoms with Crippen molar-refractivity contribution in [2.75, 3.05) is 0 Å². The fourth-order valence-electron chi connectivity index (χ4n) is 2.29. The highest BCUT2D eigenvalue weighted by Gasteiger charge is 2.32. The third-order valence-electron chi connectivity index (χ3n) is 3.04. The topological polar surface area (TPSA) is 37.3 Å². The minimum absolute atomic E-state index is 0.175. The van der Waals surface area contributed by atoms with Crippen LogP contribution in [0.3, 0.4) is 0 Å². The summed E-state index contributed by atoms with van der Waals surface area (Å²) in [5.74, 6) is -0.702. The highest BCUT2D eigenvalue weighted by Crippen LogP contribution is 2.41. The number of carboxylic acids is 1. The summed E-state index contributed by atoms with van der Waals surface area (Å²) in [6, 6.07) is 3.83. The summed E-state index contributed by atoms with van der Waals surface area (Å²) in [7, 11) is 0. The van der Waals surface area contributed by atoms with Gasteiger partial charge in [0.1, 0.15) is 0 Å². The van der Waals surface area contributed by atoms with E-state index in [-0.39, 0.29) is 11.8 Å². The van der Waals surface area contributed by atoms with Crippen LogP contribution in [-0.4, -0.2) is 11.1 Å². The number of aliphatic carboxylic acids is 1. The molecule has 1 aliphatic carbocycles. The Kier molecular flexibility index (Phi) is 3.32. The normalized spacial score (nSPS) is 26.5. The van der Waals surface area contributed by atoms with Gasteiger partial charge in [0.05, 0.1) is 10.3 Å². The van der Waals surface area contributed by atoms with Crippen LogP contribution in [-0.2, 0) is 4.79 Å². The molecule has 0 saturated heterocycles. The second-order valence-electron chi connectivity index (χ2n) is 3.98. The lowest BCUT2D eigenvalue weighted by atomic mass is 9.78. The number of rotatable bonds is 2. The van der Waals surface area contributed by atoms with Gasteiger partial charge < -0.3 is 5.11 Å². The smallest absolute Gasteiger partial charge is 0.307 e. The summed E-state index contributed by atoms with van der Waals surface area (Å²) in [5, 5.41) is 9.15. The van der Waals surface area contributed by atoms with Crippen LogP contribution >= 0.6 is 22.9 Å². The zero-order chi connectivity index (χ0) is 10.8. The predicted octanol–water partition coefficient (Wildman–Crippen LogP) is 3.76. The first-order valence-electron chi connectivity index (χ1n) is 5.16. The Hall–Kier alpha value is -0.540. The van der Waals surface area contributed by atoms with Gasteiger partial charge in [-0.15, -0.1) is 11.3 Å². The van der Waals surface area contributed by atoms with Gasteiger partial charge in [0.25, 0.3) is 0 Å². The van der Waals surface area contributed by atoms with Gasteiger partial charge in [-0.25, -0.2) is 0 Å². The number of carbonyl (C=O) groups is 1. The van der Waals surface area contributed by atoms with E-state index in [0.29, 0.717) is 0 Å². The summed E-state index contributed by atoms with van der Waals surface area (Å²) >= 11 is 7.40. The van der Waals surface area contributed by atoms with Gasteiger partial charge in [-0.1, -0.05) is 24.4 Å². The van der Waals surface area contributed by atoms with Gasteiger partial charge in [-0.2, -0.15) is 0 Å². The van der Waals surface area contributed by atoms with E-state index in [9.17, 15) is 4.79 Å². The number of thiophene rings is 1. The van der Waals surface area contributed by atoms with Gasteiger partial charge in [-0.05, 0) is 25.0 Å². The van der Waals surface area contributed by atoms with Crippen LogP contribution in [0.15, 0.2) is 12.1 Å². The minimum Gasteiger partial charge on any atom is -0.481 e. The van der Waals surface area contributed by atoms with Crippen molar-refractivity contribution in [3.63, 3.8) is 0 Å². The Bertz CT molecular complexity index is 361. The molecule has 0 spiro atoms. The quantitative estimate of drug-likeness (QED) is 0.860. The molecule has 0 aromatic carbocycles. The molecule has 2 unspecified atom stereocenters. The highest BCUT2D eigenvalue weighted by molar-refractivity contribution is 7.16. The molecular formula is C11H13ClO2S. The van der Waals surface area contributed by atoms with Crippen LogP contribution in [0.1, 0.15) is 36.5 Å². The SMILES string of the molecule is O=C(O)C1CCCCC1c1ccc(Cl)s1. The molecule has 15 heavy (non-hydrogen) atoms. The van der Waals surface area contributed by atoms with E-state index in [1.807, 2.05) is 12.1 Å². The molecule has 0 aliphatic heterocycles. The zero-order valence-corrected chi connectivity index (χ0v) is 9.85. The van der Waals surface area contributed by atoms with Crippen molar-refractivity contribution in [2.45, 2.75) is 31.6 Å². The lowest BCUT2D eigenvalue weighted by Crippen LogP contribution is -2.24. The first-order valence-corrected chi connectivity index (χ1v) is 6.36. The second-order valence-corrected chi connectivity index (χ2v) is 5.72. The van der Waals surface area contributed by atoms with E-state index < -0.39 is 5.97 Å².